The summed E-state index contributed by atoms with van der Waals surface area (Å²) in [5.74, 6) is -1.09. The second-order valence-electron chi connectivity index (χ2n) is 7.65. The van der Waals surface area contributed by atoms with E-state index in [-0.39, 0.29) is 18.3 Å². The first-order valence-corrected chi connectivity index (χ1v) is 10.2. The molecule has 2 N–H and O–H groups in total. The van der Waals surface area contributed by atoms with Crippen LogP contribution < -0.4 is 10.6 Å². The Hall–Kier alpha value is -3.09. The average molecular weight is 414 g/mol. The smallest absolute Gasteiger partial charge is 0.329 e. The summed E-state index contributed by atoms with van der Waals surface area (Å²) in [5, 5.41) is 5.30. The second-order valence-corrected chi connectivity index (χ2v) is 7.65. The van der Waals surface area contributed by atoms with Crippen molar-refractivity contribution in [2.75, 3.05) is 11.9 Å². The Morgan fingerprint density at radius 3 is 2.37 bits per heavy atom. The van der Waals surface area contributed by atoms with Crippen molar-refractivity contribution in [1.82, 2.24) is 9.88 Å². The number of Topliss-reactive ketones (excluding diaryl/α,β-unsaturated/α-hetero) is 1. The molecule has 0 bridgehead atoms. The van der Waals surface area contributed by atoms with E-state index in [1.165, 1.54) is 0 Å². The van der Waals surface area contributed by atoms with Gasteiger partial charge in [-0.15, -0.1) is 0 Å². The molecule has 0 radical (unpaired) electrons. The lowest BCUT2D eigenvalue weighted by molar-refractivity contribution is -0.145. The molecule has 0 spiro atoms. The van der Waals surface area contributed by atoms with Crippen molar-refractivity contribution < 1.29 is 19.1 Å². The molecule has 7 heteroatoms. The summed E-state index contributed by atoms with van der Waals surface area (Å²) in [6, 6.07) is 9.38. The van der Waals surface area contributed by atoms with E-state index < -0.39 is 18.0 Å². The van der Waals surface area contributed by atoms with Crippen LogP contribution in [0.5, 0.6) is 0 Å². The van der Waals surface area contributed by atoms with Crippen LogP contribution in [-0.4, -0.2) is 35.0 Å². The van der Waals surface area contributed by atoms with E-state index in [9.17, 15) is 14.4 Å². The molecule has 2 amide bonds. The largest absolute Gasteiger partial charge is 0.456 e. The maximum Gasteiger partial charge on any atom is 0.329 e. The number of hydrogen-bond acceptors (Lipinski definition) is 4. The highest BCUT2D eigenvalue weighted by molar-refractivity contribution is 5.99. The van der Waals surface area contributed by atoms with Gasteiger partial charge >= 0.3 is 12.0 Å². The fraction of sp³-hybridized carbons (Fsp3) is 0.435. The number of hydrogen-bond donors (Lipinski definition) is 2. The Kier molecular flexibility index (Phi) is 8.21. The molecule has 1 aromatic carbocycles. The Bertz CT molecular complexity index is 887. The summed E-state index contributed by atoms with van der Waals surface area (Å²) in [4.78, 5) is 37.4. The molecular weight excluding hydrogens is 382 g/mol. The number of nitrogens with one attached hydrogen (secondary N) is 2. The number of carbonyl (C=O) groups excluding carboxylic acids is 3. The highest BCUT2D eigenvalue weighted by atomic mass is 16.5. The zero-order valence-corrected chi connectivity index (χ0v) is 18.3. The SMILES string of the molecule is CCCn1c(C)cc(C(=O)COC(=O)[C@H](NC(=O)Nc2ccccc2)C(C)C)c1C. The summed E-state index contributed by atoms with van der Waals surface area (Å²) >= 11 is 0. The molecule has 0 unspecified atom stereocenters. The molecule has 0 aliphatic rings. The number of urea groups is 1. The van der Waals surface area contributed by atoms with Gasteiger partial charge in [0.1, 0.15) is 6.04 Å². The van der Waals surface area contributed by atoms with E-state index >= 15 is 0 Å². The molecule has 2 rings (SSSR count). The van der Waals surface area contributed by atoms with Gasteiger partial charge in [-0.2, -0.15) is 0 Å². The lowest BCUT2D eigenvalue weighted by Crippen LogP contribution is -2.47. The van der Waals surface area contributed by atoms with Gasteiger partial charge < -0.3 is 19.9 Å². The van der Waals surface area contributed by atoms with Crippen LogP contribution >= 0.6 is 0 Å². The van der Waals surface area contributed by atoms with Crippen LogP contribution in [0.3, 0.4) is 0 Å². The normalized spacial score (nSPS) is 11.8. The van der Waals surface area contributed by atoms with Gasteiger partial charge in [0.15, 0.2) is 6.61 Å². The molecule has 1 aromatic heterocycles. The van der Waals surface area contributed by atoms with E-state index in [0.29, 0.717) is 11.3 Å². The van der Waals surface area contributed by atoms with Crippen LogP contribution in [0.25, 0.3) is 0 Å². The molecule has 1 heterocycles. The summed E-state index contributed by atoms with van der Waals surface area (Å²) in [7, 11) is 0. The van der Waals surface area contributed by atoms with Crippen molar-refractivity contribution >= 4 is 23.5 Å². The topological polar surface area (TPSA) is 89.4 Å². The quantitative estimate of drug-likeness (QED) is 0.479. The standard InChI is InChI=1S/C23H31N3O4/c1-6-12-26-16(4)13-19(17(26)5)20(27)14-30-22(28)21(15(2)3)25-23(29)24-18-10-8-7-9-11-18/h7-11,13,15,21H,6,12,14H2,1-5H3,(H2,24,25,29)/t21-/m1/s1. The van der Waals surface area contributed by atoms with Crippen LogP contribution in [-0.2, 0) is 16.1 Å². The van der Waals surface area contributed by atoms with Crippen LogP contribution in [0, 0.1) is 19.8 Å². The van der Waals surface area contributed by atoms with Crippen molar-refractivity contribution in [3.8, 4) is 0 Å². The number of anilines is 1. The van der Waals surface area contributed by atoms with Gasteiger partial charge in [-0.3, -0.25) is 4.79 Å². The number of amides is 2. The molecule has 1 atom stereocenters. The fourth-order valence-corrected chi connectivity index (χ4v) is 3.28. The lowest BCUT2D eigenvalue weighted by Gasteiger charge is -2.21. The van der Waals surface area contributed by atoms with Crippen molar-refractivity contribution in [3.05, 3.63) is 53.3 Å². The Labute approximate surface area is 177 Å². The van der Waals surface area contributed by atoms with Gasteiger partial charge in [-0.25, -0.2) is 9.59 Å². The third-order valence-electron chi connectivity index (χ3n) is 4.91. The highest BCUT2D eigenvalue weighted by Gasteiger charge is 2.27. The van der Waals surface area contributed by atoms with Gasteiger partial charge in [0.25, 0.3) is 0 Å². The van der Waals surface area contributed by atoms with Crippen LogP contribution in [0.4, 0.5) is 10.5 Å². The van der Waals surface area contributed by atoms with Crippen LogP contribution in [0.2, 0.25) is 0 Å². The number of rotatable bonds is 9. The lowest BCUT2D eigenvalue weighted by atomic mass is 10.1. The zero-order chi connectivity index (χ0) is 22.3. The van der Waals surface area contributed by atoms with E-state index in [1.54, 1.807) is 38.1 Å². The van der Waals surface area contributed by atoms with Gasteiger partial charge in [0.2, 0.25) is 5.78 Å². The Morgan fingerprint density at radius 2 is 1.77 bits per heavy atom. The first-order chi connectivity index (χ1) is 14.2. The number of esters is 1. The Balaban J connectivity index is 1.97. The number of para-hydroxylation sites is 1. The molecule has 0 aliphatic carbocycles. The average Bonchev–Trinajstić information content (AvgIpc) is 2.99. The minimum Gasteiger partial charge on any atom is -0.456 e. The summed E-state index contributed by atoms with van der Waals surface area (Å²) in [6.45, 7) is 10.00. The predicted molar refractivity (Wildman–Crippen MR) is 117 cm³/mol. The van der Waals surface area contributed by atoms with Gasteiger partial charge in [-0.1, -0.05) is 39.0 Å². The molecular formula is C23H31N3O4. The number of ketones is 1. The molecule has 0 aliphatic heterocycles. The summed E-state index contributed by atoms with van der Waals surface area (Å²) in [5.41, 5.74) is 3.05. The molecule has 0 saturated heterocycles. The van der Waals surface area contributed by atoms with Gasteiger partial charge in [-0.05, 0) is 44.4 Å². The zero-order valence-electron chi connectivity index (χ0n) is 18.3. The maximum atomic E-state index is 12.6. The third-order valence-corrected chi connectivity index (χ3v) is 4.91. The Morgan fingerprint density at radius 1 is 1.10 bits per heavy atom. The maximum absolute atomic E-state index is 12.6. The number of ether oxygens (including phenoxy) is 1. The monoisotopic (exact) mass is 413 g/mol. The molecule has 30 heavy (non-hydrogen) atoms. The van der Waals surface area contributed by atoms with E-state index in [4.69, 9.17) is 4.74 Å². The number of aryl methyl sites for hydroxylation is 1. The van der Waals surface area contributed by atoms with E-state index in [1.807, 2.05) is 26.0 Å². The van der Waals surface area contributed by atoms with Gasteiger partial charge in [0.05, 0.1) is 0 Å². The molecule has 7 nitrogen and oxygen atoms in total. The molecule has 162 valence electrons. The third kappa shape index (κ3) is 5.95. The molecule has 0 saturated carbocycles. The highest BCUT2D eigenvalue weighted by Crippen LogP contribution is 2.17. The van der Waals surface area contributed by atoms with Crippen molar-refractivity contribution in [1.29, 1.82) is 0 Å². The number of aromatic nitrogens is 1. The van der Waals surface area contributed by atoms with E-state index in [2.05, 4.69) is 22.1 Å². The first kappa shape index (κ1) is 23.2. The number of nitrogens with zero attached hydrogens (tertiary/aromatic N) is 1. The molecule has 0 fully saturated rings. The summed E-state index contributed by atoms with van der Waals surface area (Å²) in [6.07, 6.45) is 0.964. The first-order valence-electron chi connectivity index (χ1n) is 10.2. The van der Waals surface area contributed by atoms with Crippen LogP contribution in [0.1, 0.15) is 48.9 Å². The van der Waals surface area contributed by atoms with Crippen LogP contribution in [0.15, 0.2) is 36.4 Å². The minimum absolute atomic E-state index is 0.205. The summed E-state index contributed by atoms with van der Waals surface area (Å²) < 4.78 is 7.34. The van der Waals surface area contributed by atoms with Crippen molar-refractivity contribution in [2.24, 2.45) is 5.92 Å². The van der Waals surface area contributed by atoms with Crippen molar-refractivity contribution in [2.45, 2.75) is 53.6 Å². The van der Waals surface area contributed by atoms with Crippen molar-refractivity contribution in [3.63, 3.8) is 0 Å². The number of carbonyl (C=O) groups is 3. The molecule has 2 aromatic rings. The van der Waals surface area contributed by atoms with E-state index in [0.717, 1.165) is 24.4 Å². The number of benzene rings is 1. The second kappa shape index (κ2) is 10.6. The fourth-order valence-electron chi connectivity index (χ4n) is 3.28. The predicted octanol–water partition coefficient (Wildman–Crippen LogP) is 4.09. The minimum atomic E-state index is -0.867. The van der Waals surface area contributed by atoms with Gasteiger partial charge in [0, 0.05) is 29.2 Å².